The minimum atomic E-state index is -0.193. The molecule has 1 heterocycles. The smallest absolute Gasteiger partial charge is 0.168 e. The van der Waals surface area contributed by atoms with E-state index in [9.17, 15) is 0 Å². The molecule has 1 spiro atoms. The first-order valence-corrected chi connectivity index (χ1v) is 7.52. The van der Waals surface area contributed by atoms with Crippen molar-refractivity contribution in [3.8, 4) is 0 Å². The zero-order valence-electron chi connectivity index (χ0n) is 11.8. The van der Waals surface area contributed by atoms with Crippen LogP contribution in [0.5, 0.6) is 0 Å². The van der Waals surface area contributed by atoms with E-state index in [1.54, 1.807) is 5.57 Å². The average molecular weight is 250 g/mol. The van der Waals surface area contributed by atoms with E-state index in [4.69, 9.17) is 9.47 Å². The fraction of sp³-hybridized carbons (Fsp3) is 0.750. The highest BCUT2D eigenvalue weighted by Gasteiger charge is 2.40. The van der Waals surface area contributed by atoms with Crippen LogP contribution in [0.3, 0.4) is 0 Å². The van der Waals surface area contributed by atoms with Crippen LogP contribution < -0.4 is 0 Å². The van der Waals surface area contributed by atoms with Gasteiger partial charge in [0.1, 0.15) is 0 Å². The van der Waals surface area contributed by atoms with E-state index in [2.05, 4.69) is 18.2 Å². The Morgan fingerprint density at radius 1 is 1.11 bits per heavy atom. The summed E-state index contributed by atoms with van der Waals surface area (Å²) in [6, 6.07) is 0. The summed E-state index contributed by atoms with van der Waals surface area (Å²) in [7, 11) is 0. The summed E-state index contributed by atoms with van der Waals surface area (Å²) in [5.41, 5.74) is 1.65. The SMILES string of the molecule is C1=CCCC(C2CCC3(CC2)OCCO3)=C1.CC. The van der Waals surface area contributed by atoms with Crippen molar-refractivity contribution in [1.29, 1.82) is 0 Å². The quantitative estimate of drug-likeness (QED) is 0.693. The maximum Gasteiger partial charge on any atom is 0.168 e. The van der Waals surface area contributed by atoms with Crippen molar-refractivity contribution in [2.45, 2.75) is 58.2 Å². The Bertz CT molecular complexity index is 301. The molecule has 1 saturated carbocycles. The topological polar surface area (TPSA) is 18.5 Å². The molecule has 2 heteroatoms. The molecule has 3 aliphatic rings. The molecule has 0 atom stereocenters. The van der Waals surface area contributed by atoms with Gasteiger partial charge in [-0.05, 0) is 31.6 Å². The van der Waals surface area contributed by atoms with Crippen LogP contribution in [-0.2, 0) is 9.47 Å². The first-order chi connectivity index (χ1) is 8.88. The summed E-state index contributed by atoms with van der Waals surface area (Å²) >= 11 is 0. The Morgan fingerprint density at radius 2 is 1.78 bits per heavy atom. The predicted octanol–water partition coefficient (Wildman–Crippen LogP) is 4.22. The van der Waals surface area contributed by atoms with Gasteiger partial charge < -0.3 is 9.47 Å². The first kappa shape index (κ1) is 13.8. The lowest BCUT2D eigenvalue weighted by Crippen LogP contribution is -2.35. The van der Waals surface area contributed by atoms with Gasteiger partial charge in [-0.2, -0.15) is 0 Å². The van der Waals surface area contributed by atoms with E-state index in [0.29, 0.717) is 0 Å². The second-order valence-electron chi connectivity index (χ2n) is 5.09. The van der Waals surface area contributed by atoms with Crippen molar-refractivity contribution in [3.63, 3.8) is 0 Å². The van der Waals surface area contributed by atoms with Crippen molar-refractivity contribution < 1.29 is 9.47 Å². The Kier molecular flexibility index (Phi) is 5.02. The minimum Gasteiger partial charge on any atom is -0.348 e. The standard InChI is InChI=1S/C14H20O2.C2H6/c1-2-4-12(5-3-1)13-6-8-14(9-7-13)15-10-11-16-14;1-2/h1-2,4,13H,3,5-11H2;1-2H3. The Labute approximate surface area is 111 Å². The fourth-order valence-electron chi connectivity index (χ4n) is 3.18. The second-order valence-corrected chi connectivity index (χ2v) is 5.09. The molecule has 18 heavy (non-hydrogen) atoms. The number of rotatable bonds is 1. The molecule has 0 N–H and O–H groups in total. The highest BCUT2D eigenvalue weighted by Crippen LogP contribution is 2.41. The van der Waals surface area contributed by atoms with E-state index in [-0.39, 0.29) is 5.79 Å². The third kappa shape index (κ3) is 3.04. The van der Waals surface area contributed by atoms with Crippen LogP contribution in [-0.4, -0.2) is 19.0 Å². The molecule has 1 saturated heterocycles. The summed E-state index contributed by atoms with van der Waals surface area (Å²) in [4.78, 5) is 0. The van der Waals surface area contributed by atoms with E-state index in [0.717, 1.165) is 32.0 Å². The fourth-order valence-corrected chi connectivity index (χ4v) is 3.18. The van der Waals surface area contributed by atoms with Crippen molar-refractivity contribution in [2.75, 3.05) is 13.2 Å². The molecule has 2 aliphatic carbocycles. The summed E-state index contributed by atoms with van der Waals surface area (Å²) in [5, 5.41) is 0. The van der Waals surface area contributed by atoms with E-state index < -0.39 is 0 Å². The molecule has 0 unspecified atom stereocenters. The van der Waals surface area contributed by atoms with Crippen molar-refractivity contribution in [2.24, 2.45) is 5.92 Å². The van der Waals surface area contributed by atoms with Crippen molar-refractivity contribution in [3.05, 3.63) is 23.8 Å². The van der Waals surface area contributed by atoms with Crippen LogP contribution in [0, 0.1) is 5.92 Å². The minimum absolute atomic E-state index is 0.193. The monoisotopic (exact) mass is 250 g/mol. The van der Waals surface area contributed by atoms with Gasteiger partial charge in [-0.25, -0.2) is 0 Å². The number of hydrogen-bond donors (Lipinski definition) is 0. The first-order valence-electron chi connectivity index (χ1n) is 7.52. The molecule has 0 radical (unpaired) electrons. The Hall–Kier alpha value is -0.600. The summed E-state index contributed by atoms with van der Waals surface area (Å²) < 4.78 is 11.5. The summed E-state index contributed by atoms with van der Waals surface area (Å²) in [6.07, 6.45) is 13.9. The molecule has 0 aromatic heterocycles. The lowest BCUT2D eigenvalue weighted by atomic mass is 9.78. The van der Waals surface area contributed by atoms with Crippen molar-refractivity contribution in [1.82, 2.24) is 0 Å². The third-order valence-electron chi connectivity index (χ3n) is 4.13. The molecule has 0 aromatic rings. The second kappa shape index (κ2) is 6.53. The average Bonchev–Trinajstić information content (AvgIpc) is 2.91. The predicted molar refractivity (Wildman–Crippen MR) is 74.4 cm³/mol. The molecular weight excluding hydrogens is 224 g/mol. The third-order valence-corrected chi connectivity index (χ3v) is 4.13. The Morgan fingerprint density at radius 3 is 2.33 bits per heavy atom. The zero-order valence-corrected chi connectivity index (χ0v) is 11.8. The normalized spacial score (nSPS) is 26.7. The number of hydrogen-bond acceptors (Lipinski definition) is 2. The van der Waals surface area contributed by atoms with Crippen molar-refractivity contribution >= 4 is 0 Å². The van der Waals surface area contributed by atoms with Crippen LogP contribution in [0.2, 0.25) is 0 Å². The van der Waals surface area contributed by atoms with Crippen LogP contribution in [0.25, 0.3) is 0 Å². The molecule has 1 aliphatic heterocycles. The molecule has 102 valence electrons. The lowest BCUT2D eigenvalue weighted by molar-refractivity contribution is -0.180. The highest BCUT2D eigenvalue weighted by molar-refractivity contribution is 5.20. The van der Waals surface area contributed by atoms with Crippen LogP contribution in [0.4, 0.5) is 0 Å². The molecule has 0 amide bonds. The number of allylic oxidation sites excluding steroid dienone is 4. The number of ether oxygens (including phenoxy) is 2. The molecule has 2 fully saturated rings. The molecule has 0 aromatic carbocycles. The molecular formula is C16H26O2. The van der Waals surface area contributed by atoms with E-state index in [1.807, 2.05) is 13.8 Å². The Balaban J connectivity index is 0.000000574. The van der Waals surface area contributed by atoms with Crippen LogP contribution >= 0.6 is 0 Å². The summed E-state index contributed by atoms with van der Waals surface area (Å²) in [6.45, 7) is 5.58. The van der Waals surface area contributed by atoms with Gasteiger partial charge >= 0.3 is 0 Å². The van der Waals surface area contributed by atoms with Gasteiger partial charge in [0, 0.05) is 12.8 Å². The maximum absolute atomic E-state index is 5.76. The van der Waals surface area contributed by atoms with Gasteiger partial charge in [-0.3, -0.25) is 0 Å². The highest BCUT2D eigenvalue weighted by atomic mass is 16.7. The van der Waals surface area contributed by atoms with Gasteiger partial charge in [0.2, 0.25) is 0 Å². The van der Waals surface area contributed by atoms with Crippen LogP contribution in [0.1, 0.15) is 52.4 Å². The van der Waals surface area contributed by atoms with Crippen LogP contribution in [0.15, 0.2) is 23.8 Å². The molecule has 0 bridgehead atoms. The van der Waals surface area contributed by atoms with Gasteiger partial charge in [0.25, 0.3) is 0 Å². The largest absolute Gasteiger partial charge is 0.348 e. The maximum atomic E-state index is 5.76. The van der Waals surface area contributed by atoms with Gasteiger partial charge in [-0.15, -0.1) is 0 Å². The summed E-state index contributed by atoms with van der Waals surface area (Å²) in [5.74, 6) is 0.588. The van der Waals surface area contributed by atoms with E-state index >= 15 is 0 Å². The molecule has 3 rings (SSSR count). The molecule has 2 nitrogen and oxygen atoms in total. The lowest BCUT2D eigenvalue weighted by Gasteiger charge is -2.36. The van der Waals surface area contributed by atoms with E-state index in [1.165, 1.54) is 25.7 Å². The zero-order chi connectivity index (χ0) is 12.8. The van der Waals surface area contributed by atoms with Gasteiger partial charge in [0.05, 0.1) is 13.2 Å². The van der Waals surface area contributed by atoms with Gasteiger partial charge in [-0.1, -0.05) is 37.6 Å². The van der Waals surface area contributed by atoms with Gasteiger partial charge in [0.15, 0.2) is 5.79 Å².